The van der Waals surface area contributed by atoms with Gasteiger partial charge in [-0.2, -0.15) is 0 Å². The number of nitrogens with one attached hydrogen (secondary N) is 1. The molecule has 1 N–H and O–H groups in total. The Morgan fingerprint density at radius 3 is 2.40 bits per heavy atom. The first kappa shape index (κ1) is 13.0. The molecule has 0 aromatic rings. The van der Waals surface area contributed by atoms with E-state index in [0.717, 1.165) is 19.8 Å². The van der Waals surface area contributed by atoms with Gasteiger partial charge < -0.3 is 10.1 Å². The molecule has 0 bridgehead atoms. The van der Waals surface area contributed by atoms with E-state index in [1.807, 2.05) is 0 Å². The Kier molecular flexibility index (Phi) is 5.62. The summed E-state index contributed by atoms with van der Waals surface area (Å²) in [6.07, 6.45) is 6.86. The van der Waals surface area contributed by atoms with Crippen LogP contribution in [0.5, 0.6) is 0 Å². The molecule has 2 heteroatoms. The van der Waals surface area contributed by atoms with Crippen molar-refractivity contribution in [1.29, 1.82) is 0 Å². The van der Waals surface area contributed by atoms with Crippen molar-refractivity contribution in [3.05, 3.63) is 0 Å². The van der Waals surface area contributed by atoms with E-state index in [0.29, 0.717) is 11.5 Å². The van der Waals surface area contributed by atoms with E-state index >= 15 is 0 Å². The van der Waals surface area contributed by atoms with Crippen molar-refractivity contribution in [2.75, 3.05) is 19.8 Å². The molecule has 1 rings (SSSR count). The fourth-order valence-corrected chi connectivity index (χ4v) is 2.41. The van der Waals surface area contributed by atoms with Gasteiger partial charge in [-0.1, -0.05) is 33.1 Å². The SMILES string of the molecule is CCOCC1(CNC(C)C)CCCCC1. The van der Waals surface area contributed by atoms with Crippen LogP contribution in [0.1, 0.15) is 52.9 Å². The monoisotopic (exact) mass is 213 g/mol. The van der Waals surface area contributed by atoms with Gasteiger partial charge in [-0.25, -0.2) is 0 Å². The molecule has 0 unspecified atom stereocenters. The number of ether oxygens (including phenoxy) is 1. The molecule has 0 atom stereocenters. The van der Waals surface area contributed by atoms with Crippen LogP contribution in [0.2, 0.25) is 0 Å². The van der Waals surface area contributed by atoms with E-state index < -0.39 is 0 Å². The first-order valence-corrected chi connectivity index (χ1v) is 6.50. The van der Waals surface area contributed by atoms with Gasteiger partial charge in [0.15, 0.2) is 0 Å². The van der Waals surface area contributed by atoms with E-state index in [-0.39, 0.29) is 0 Å². The molecule has 0 aromatic heterocycles. The normalized spacial score (nSPS) is 20.8. The van der Waals surface area contributed by atoms with E-state index in [4.69, 9.17) is 4.74 Å². The summed E-state index contributed by atoms with van der Waals surface area (Å²) in [7, 11) is 0. The van der Waals surface area contributed by atoms with Crippen LogP contribution in [0.4, 0.5) is 0 Å². The Balaban J connectivity index is 2.42. The minimum absolute atomic E-state index is 0.429. The summed E-state index contributed by atoms with van der Waals surface area (Å²) in [6, 6.07) is 0.588. The summed E-state index contributed by atoms with van der Waals surface area (Å²) in [5, 5.41) is 3.58. The zero-order valence-corrected chi connectivity index (χ0v) is 10.6. The summed E-state index contributed by atoms with van der Waals surface area (Å²) < 4.78 is 5.67. The van der Waals surface area contributed by atoms with Crippen LogP contribution in [0, 0.1) is 5.41 Å². The van der Waals surface area contributed by atoms with Gasteiger partial charge in [0.1, 0.15) is 0 Å². The maximum Gasteiger partial charge on any atom is 0.0534 e. The van der Waals surface area contributed by atoms with Gasteiger partial charge in [0.05, 0.1) is 6.61 Å². The van der Waals surface area contributed by atoms with Gasteiger partial charge in [0.25, 0.3) is 0 Å². The molecule has 1 fully saturated rings. The van der Waals surface area contributed by atoms with Crippen molar-refractivity contribution in [3.63, 3.8) is 0 Å². The Labute approximate surface area is 94.8 Å². The van der Waals surface area contributed by atoms with Crippen molar-refractivity contribution in [3.8, 4) is 0 Å². The van der Waals surface area contributed by atoms with Crippen molar-refractivity contribution in [2.24, 2.45) is 5.41 Å². The third-order valence-corrected chi connectivity index (χ3v) is 3.41. The third-order valence-electron chi connectivity index (χ3n) is 3.41. The molecule has 0 aliphatic heterocycles. The second-order valence-corrected chi connectivity index (χ2v) is 5.23. The summed E-state index contributed by atoms with van der Waals surface area (Å²) in [5.41, 5.74) is 0.429. The van der Waals surface area contributed by atoms with Crippen LogP contribution >= 0.6 is 0 Å². The summed E-state index contributed by atoms with van der Waals surface area (Å²) in [5.74, 6) is 0. The quantitative estimate of drug-likeness (QED) is 0.732. The van der Waals surface area contributed by atoms with Crippen LogP contribution < -0.4 is 5.32 Å². The summed E-state index contributed by atoms with van der Waals surface area (Å²) >= 11 is 0. The fourth-order valence-electron chi connectivity index (χ4n) is 2.41. The zero-order valence-electron chi connectivity index (χ0n) is 10.6. The first-order valence-electron chi connectivity index (χ1n) is 6.50. The molecule has 90 valence electrons. The van der Waals surface area contributed by atoms with Crippen LogP contribution in [0.25, 0.3) is 0 Å². The van der Waals surface area contributed by atoms with Crippen LogP contribution in [0.15, 0.2) is 0 Å². The van der Waals surface area contributed by atoms with E-state index in [1.54, 1.807) is 0 Å². The second-order valence-electron chi connectivity index (χ2n) is 5.23. The van der Waals surface area contributed by atoms with Gasteiger partial charge in [-0.15, -0.1) is 0 Å². The Morgan fingerprint density at radius 2 is 1.87 bits per heavy atom. The maximum atomic E-state index is 5.67. The van der Waals surface area contributed by atoms with Crippen molar-refractivity contribution >= 4 is 0 Å². The van der Waals surface area contributed by atoms with Crippen molar-refractivity contribution in [2.45, 2.75) is 58.9 Å². The molecule has 0 amide bonds. The molecular weight excluding hydrogens is 186 g/mol. The lowest BCUT2D eigenvalue weighted by Crippen LogP contribution is -2.42. The van der Waals surface area contributed by atoms with Crippen LogP contribution in [-0.2, 0) is 4.74 Å². The standard InChI is InChI=1S/C13H27NO/c1-4-15-11-13(10-14-12(2)3)8-6-5-7-9-13/h12,14H,4-11H2,1-3H3. The van der Waals surface area contributed by atoms with Crippen LogP contribution in [0.3, 0.4) is 0 Å². The number of rotatable bonds is 6. The predicted molar refractivity (Wildman–Crippen MR) is 65.1 cm³/mol. The highest BCUT2D eigenvalue weighted by atomic mass is 16.5. The highest BCUT2D eigenvalue weighted by Crippen LogP contribution is 2.36. The molecule has 1 aliphatic carbocycles. The molecule has 0 heterocycles. The molecule has 1 saturated carbocycles. The third kappa shape index (κ3) is 4.52. The number of hydrogen-bond acceptors (Lipinski definition) is 2. The van der Waals surface area contributed by atoms with Crippen molar-refractivity contribution < 1.29 is 4.74 Å². The first-order chi connectivity index (χ1) is 7.18. The highest BCUT2D eigenvalue weighted by Gasteiger charge is 2.31. The zero-order chi connectivity index (χ0) is 11.1. The lowest BCUT2D eigenvalue weighted by atomic mass is 9.74. The maximum absolute atomic E-state index is 5.67. The van der Waals surface area contributed by atoms with Gasteiger partial charge >= 0.3 is 0 Å². The predicted octanol–water partition coefficient (Wildman–Crippen LogP) is 2.97. The Morgan fingerprint density at radius 1 is 1.20 bits per heavy atom. The smallest absolute Gasteiger partial charge is 0.0534 e. The lowest BCUT2D eigenvalue weighted by molar-refractivity contribution is 0.0247. The van der Waals surface area contributed by atoms with Gasteiger partial charge in [0, 0.05) is 24.6 Å². The summed E-state index contributed by atoms with van der Waals surface area (Å²) in [4.78, 5) is 0. The average molecular weight is 213 g/mol. The molecular formula is C13H27NO. The van der Waals surface area contributed by atoms with E-state index in [2.05, 4.69) is 26.1 Å². The molecule has 0 saturated heterocycles. The number of hydrogen-bond donors (Lipinski definition) is 1. The molecule has 0 radical (unpaired) electrons. The lowest BCUT2D eigenvalue weighted by Gasteiger charge is -2.37. The minimum atomic E-state index is 0.429. The van der Waals surface area contributed by atoms with Crippen molar-refractivity contribution in [1.82, 2.24) is 5.32 Å². The fraction of sp³-hybridized carbons (Fsp3) is 1.00. The highest BCUT2D eigenvalue weighted by molar-refractivity contribution is 4.85. The Bertz CT molecular complexity index is 162. The molecule has 1 aliphatic rings. The minimum Gasteiger partial charge on any atom is -0.381 e. The second kappa shape index (κ2) is 6.49. The van der Waals surface area contributed by atoms with E-state index in [1.165, 1.54) is 32.1 Å². The van der Waals surface area contributed by atoms with E-state index in [9.17, 15) is 0 Å². The topological polar surface area (TPSA) is 21.3 Å². The summed E-state index contributed by atoms with van der Waals surface area (Å²) in [6.45, 7) is 9.46. The largest absolute Gasteiger partial charge is 0.381 e. The van der Waals surface area contributed by atoms with Gasteiger partial charge in [-0.3, -0.25) is 0 Å². The molecule has 0 aromatic carbocycles. The average Bonchev–Trinajstić information content (AvgIpc) is 2.25. The Hall–Kier alpha value is -0.0800. The molecule has 15 heavy (non-hydrogen) atoms. The van der Waals surface area contributed by atoms with Gasteiger partial charge in [-0.05, 0) is 19.8 Å². The molecule has 0 spiro atoms. The molecule has 2 nitrogen and oxygen atoms in total. The van der Waals surface area contributed by atoms with Crippen LogP contribution in [-0.4, -0.2) is 25.8 Å². The van der Waals surface area contributed by atoms with Gasteiger partial charge in [0.2, 0.25) is 0 Å².